The quantitative estimate of drug-likeness (QED) is 0.688. The molecule has 2 aromatic rings. The number of hydrogen-bond donors (Lipinski definition) is 4. The number of carboxylic acid groups (broad SMARTS) is 1. The molecule has 0 fully saturated rings. The Hall–Kier alpha value is -3.02. The van der Waals surface area contributed by atoms with Crippen molar-refractivity contribution in [3.8, 4) is 11.5 Å². The molecule has 2 rings (SSSR count). The first-order valence-electron chi connectivity index (χ1n) is 6.11. The molecule has 0 unspecified atom stereocenters. The molecule has 6 nitrogen and oxygen atoms in total. The van der Waals surface area contributed by atoms with Crippen LogP contribution in [0.3, 0.4) is 0 Å². The van der Waals surface area contributed by atoms with E-state index >= 15 is 0 Å². The number of phenols is 2. The van der Waals surface area contributed by atoms with E-state index in [1.165, 1.54) is 18.2 Å². The number of aliphatic carboxylic acids is 1. The lowest BCUT2D eigenvalue weighted by molar-refractivity contribution is -0.136. The standard InChI is InChI=1S/C15H13NO5/c17-11-6-3-7-12(18)14(11)15(21)16-10-5-2-1-4-9(10)8-13(19)20/h1-7,17-18H,8H2,(H,16,21)(H,19,20). The second kappa shape index (κ2) is 5.96. The van der Waals surface area contributed by atoms with E-state index in [0.29, 0.717) is 11.3 Å². The molecule has 0 aromatic heterocycles. The van der Waals surface area contributed by atoms with Gasteiger partial charge in [-0.1, -0.05) is 24.3 Å². The third kappa shape index (κ3) is 3.30. The molecule has 0 heterocycles. The maximum Gasteiger partial charge on any atom is 0.307 e. The monoisotopic (exact) mass is 287 g/mol. The number of carbonyl (C=O) groups excluding carboxylic acids is 1. The first-order chi connectivity index (χ1) is 9.99. The molecule has 108 valence electrons. The second-order valence-corrected chi connectivity index (χ2v) is 4.35. The highest BCUT2D eigenvalue weighted by Crippen LogP contribution is 2.27. The van der Waals surface area contributed by atoms with Gasteiger partial charge < -0.3 is 20.6 Å². The SMILES string of the molecule is O=C(O)Cc1ccccc1NC(=O)c1c(O)cccc1O. The third-order valence-corrected chi connectivity index (χ3v) is 2.85. The molecule has 1 amide bonds. The van der Waals surface area contributed by atoms with Crippen molar-refractivity contribution in [1.29, 1.82) is 0 Å². The van der Waals surface area contributed by atoms with E-state index in [1.807, 2.05) is 0 Å². The lowest BCUT2D eigenvalue weighted by Gasteiger charge is -2.11. The topological polar surface area (TPSA) is 107 Å². The van der Waals surface area contributed by atoms with Crippen LogP contribution in [0, 0.1) is 0 Å². The third-order valence-electron chi connectivity index (χ3n) is 2.85. The molecule has 0 saturated heterocycles. The second-order valence-electron chi connectivity index (χ2n) is 4.35. The summed E-state index contributed by atoms with van der Waals surface area (Å²) in [4.78, 5) is 22.9. The van der Waals surface area contributed by atoms with Crippen molar-refractivity contribution in [3.63, 3.8) is 0 Å². The Morgan fingerprint density at radius 2 is 1.57 bits per heavy atom. The van der Waals surface area contributed by atoms with E-state index < -0.39 is 11.9 Å². The van der Waals surface area contributed by atoms with Crippen molar-refractivity contribution < 1.29 is 24.9 Å². The predicted molar refractivity (Wildman–Crippen MR) is 75.5 cm³/mol. The minimum absolute atomic E-state index is 0.247. The molecule has 2 aromatic carbocycles. The molecule has 0 radical (unpaired) electrons. The first kappa shape index (κ1) is 14.4. The molecule has 6 heteroatoms. The van der Waals surface area contributed by atoms with Gasteiger partial charge in [0.2, 0.25) is 0 Å². The van der Waals surface area contributed by atoms with Crippen molar-refractivity contribution in [2.24, 2.45) is 0 Å². The van der Waals surface area contributed by atoms with Crippen LogP contribution < -0.4 is 5.32 Å². The van der Waals surface area contributed by atoms with Gasteiger partial charge in [0.25, 0.3) is 5.91 Å². The highest BCUT2D eigenvalue weighted by atomic mass is 16.4. The molecule has 0 saturated carbocycles. The fourth-order valence-corrected chi connectivity index (χ4v) is 1.91. The lowest BCUT2D eigenvalue weighted by Crippen LogP contribution is -2.14. The smallest absolute Gasteiger partial charge is 0.307 e. The number of para-hydroxylation sites is 1. The molecule has 0 atom stereocenters. The van der Waals surface area contributed by atoms with Crippen LogP contribution >= 0.6 is 0 Å². The van der Waals surface area contributed by atoms with Gasteiger partial charge in [0.05, 0.1) is 6.42 Å². The number of amides is 1. The number of nitrogens with one attached hydrogen (secondary N) is 1. The van der Waals surface area contributed by atoms with Gasteiger partial charge in [0.1, 0.15) is 17.1 Å². The Morgan fingerprint density at radius 3 is 2.19 bits per heavy atom. The molecular weight excluding hydrogens is 274 g/mol. The average molecular weight is 287 g/mol. The Kier molecular flexibility index (Phi) is 4.08. The fraction of sp³-hybridized carbons (Fsp3) is 0.0667. The van der Waals surface area contributed by atoms with Crippen LogP contribution in [-0.2, 0) is 11.2 Å². The van der Waals surface area contributed by atoms with Gasteiger partial charge >= 0.3 is 5.97 Å². The average Bonchev–Trinajstić information content (AvgIpc) is 2.40. The minimum Gasteiger partial charge on any atom is -0.507 e. The summed E-state index contributed by atoms with van der Waals surface area (Å²) in [6.45, 7) is 0. The molecular formula is C15H13NO5. The Balaban J connectivity index is 2.30. The minimum atomic E-state index is -1.03. The molecule has 0 bridgehead atoms. The number of phenolic OH excluding ortho intramolecular Hbond substituents is 2. The summed E-state index contributed by atoms with van der Waals surface area (Å²) in [5.41, 5.74) is 0.475. The van der Waals surface area contributed by atoms with Crippen molar-refractivity contribution in [1.82, 2.24) is 0 Å². The zero-order chi connectivity index (χ0) is 15.4. The first-order valence-corrected chi connectivity index (χ1v) is 6.11. The van der Waals surface area contributed by atoms with Gasteiger partial charge in [-0.25, -0.2) is 0 Å². The van der Waals surface area contributed by atoms with Gasteiger partial charge in [-0.2, -0.15) is 0 Å². The van der Waals surface area contributed by atoms with Crippen LogP contribution in [0.1, 0.15) is 15.9 Å². The zero-order valence-electron chi connectivity index (χ0n) is 10.9. The normalized spacial score (nSPS) is 10.1. The zero-order valence-corrected chi connectivity index (χ0v) is 10.9. The van der Waals surface area contributed by atoms with Crippen LogP contribution in [0.5, 0.6) is 11.5 Å². The molecule has 0 spiro atoms. The van der Waals surface area contributed by atoms with Crippen LogP contribution in [0.15, 0.2) is 42.5 Å². The molecule has 21 heavy (non-hydrogen) atoms. The number of rotatable bonds is 4. The summed E-state index contributed by atoms with van der Waals surface area (Å²) in [5.74, 6) is -2.46. The molecule has 0 aliphatic carbocycles. The maximum absolute atomic E-state index is 12.1. The number of anilines is 1. The van der Waals surface area contributed by atoms with E-state index in [-0.39, 0.29) is 23.5 Å². The van der Waals surface area contributed by atoms with Gasteiger partial charge in [0, 0.05) is 5.69 Å². The highest BCUT2D eigenvalue weighted by molar-refractivity contribution is 6.08. The largest absolute Gasteiger partial charge is 0.507 e. The van der Waals surface area contributed by atoms with Gasteiger partial charge in [-0.3, -0.25) is 9.59 Å². The van der Waals surface area contributed by atoms with E-state index in [2.05, 4.69) is 5.32 Å². The maximum atomic E-state index is 12.1. The van der Waals surface area contributed by atoms with Crippen molar-refractivity contribution >= 4 is 17.6 Å². The highest BCUT2D eigenvalue weighted by Gasteiger charge is 2.17. The van der Waals surface area contributed by atoms with E-state index in [0.717, 1.165) is 0 Å². The van der Waals surface area contributed by atoms with Gasteiger partial charge in [-0.15, -0.1) is 0 Å². The summed E-state index contributed by atoms with van der Waals surface area (Å²) in [6, 6.07) is 10.4. The van der Waals surface area contributed by atoms with Crippen molar-refractivity contribution in [2.45, 2.75) is 6.42 Å². The Bertz CT molecular complexity index is 676. The molecule has 0 aliphatic rings. The predicted octanol–water partition coefficient (Wildman–Crippen LogP) is 1.98. The Labute approximate surface area is 120 Å². The van der Waals surface area contributed by atoms with Crippen molar-refractivity contribution in [2.75, 3.05) is 5.32 Å². The Morgan fingerprint density at radius 1 is 0.952 bits per heavy atom. The number of carboxylic acids is 1. The molecule has 0 aliphatic heterocycles. The number of benzene rings is 2. The fourth-order valence-electron chi connectivity index (χ4n) is 1.91. The van der Waals surface area contributed by atoms with Crippen molar-refractivity contribution in [3.05, 3.63) is 53.6 Å². The number of carbonyl (C=O) groups is 2. The van der Waals surface area contributed by atoms with Crippen LogP contribution in [0.2, 0.25) is 0 Å². The van der Waals surface area contributed by atoms with E-state index in [4.69, 9.17) is 5.11 Å². The summed E-state index contributed by atoms with van der Waals surface area (Å²) >= 11 is 0. The summed E-state index contributed by atoms with van der Waals surface area (Å²) in [6.07, 6.45) is -0.247. The van der Waals surface area contributed by atoms with Gasteiger partial charge in [0.15, 0.2) is 0 Å². The summed E-state index contributed by atoms with van der Waals surface area (Å²) < 4.78 is 0. The summed E-state index contributed by atoms with van der Waals surface area (Å²) in [7, 11) is 0. The lowest BCUT2D eigenvalue weighted by atomic mass is 10.1. The molecule has 4 N–H and O–H groups in total. The van der Waals surface area contributed by atoms with Crippen LogP contribution in [-0.4, -0.2) is 27.2 Å². The van der Waals surface area contributed by atoms with E-state index in [1.54, 1.807) is 24.3 Å². The number of hydrogen-bond acceptors (Lipinski definition) is 4. The van der Waals surface area contributed by atoms with Crippen LogP contribution in [0.25, 0.3) is 0 Å². The number of aromatic hydroxyl groups is 2. The van der Waals surface area contributed by atoms with Gasteiger partial charge in [-0.05, 0) is 23.8 Å². The summed E-state index contributed by atoms with van der Waals surface area (Å²) in [5, 5.41) is 30.6. The van der Waals surface area contributed by atoms with E-state index in [9.17, 15) is 19.8 Å². The van der Waals surface area contributed by atoms with Crippen LogP contribution in [0.4, 0.5) is 5.69 Å².